The molecule has 1 aromatic rings. The molecule has 98 valence electrons. The van der Waals surface area contributed by atoms with E-state index < -0.39 is 5.97 Å². The van der Waals surface area contributed by atoms with Crippen molar-refractivity contribution < 1.29 is 14.7 Å². The van der Waals surface area contributed by atoms with Crippen LogP contribution in [0.3, 0.4) is 0 Å². The van der Waals surface area contributed by atoms with E-state index in [0.29, 0.717) is 11.5 Å². The van der Waals surface area contributed by atoms with Crippen molar-refractivity contribution in [3.05, 3.63) is 6.20 Å². The molecule has 2 amide bonds. The molecule has 1 atom stereocenters. The first-order valence-corrected chi connectivity index (χ1v) is 6.51. The summed E-state index contributed by atoms with van der Waals surface area (Å²) in [6, 6.07) is -0.496. The van der Waals surface area contributed by atoms with Gasteiger partial charge in [0.2, 0.25) is 0 Å². The van der Waals surface area contributed by atoms with E-state index in [1.165, 1.54) is 6.20 Å². The molecule has 1 aromatic heterocycles. The molecule has 0 aliphatic carbocycles. The van der Waals surface area contributed by atoms with E-state index in [2.05, 4.69) is 14.9 Å². The van der Waals surface area contributed by atoms with E-state index in [1.807, 2.05) is 0 Å². The van der Waals surface area contributed by atoms with Gasteiger partial charge >= 0.3 is 12.0 Å². The summed E-state index contributed by atoms with van der Waals surface area (Å²) >= 11 is 1.09. The van der Waals surface area contributed by atoms with Crippen molar-refractivity contribution >= 4 is 28.5 Å². The van der Waals surface area contributed by atoms with Crippen LogP contribution in [0.2, 0.25) is 0 Å². The van der Waals surface area contributed by atoms with E-state index in [9.17, 15) is 9.59 Å². The summed E-state index contributed by atoms with van der Waals surface area (Å²) in [4.78, 5) is 24.4. The molecule has 1 aliphatic heterocycles. The van der Waals surface area contributed by atoms with Gasteiger partial charge in [-0.25, -0.2) is 4.79 Å². The van der Waals surface area contributed by atoms with Crippen molar-refractivity contribution in [1.29, 1.82) is 0 Å². The van der Waals surface area contributed by atoms with Gasteiger partial charge in [0.15, 0.2) is 0 Å². The second-order valence-corrected chi connectivity index (χ2v) is 4.94. The molecule has 2 heterocycles. The molecular formula is C10H14N4O3S. The van der Waals surface area contributed by atoms with Crippen molar-refractivity contribution in [1.82, 2.24) is 14.5 Å². The Labute approximate surface area is 108 Å². The van der Waals surface area contributed by atoms with Crippen LogP contribution in [-0.4, -0.2) is 44.2 Å². The summed E-state index contributed by atoms with van der Waals surface area (Å²) < 4.78 is 3.65. The minimum atomic E-state index is -0.876. The van der Waals surface area contributed by atoms with Crippen molar-refractivity contribution in [2.75, 3.05) is 11.9 Å². The Hall–Kier alpha value is -1.70. The van der Waals surface area contributed by atoms with Crippen LogP contribution >= 0.6 is 11.5 Å². The van der Waals surface area contributed by atoms with Crippen molar-refractivity contribution in [2.45, 2.75) is 31.7 Å². The lowest BCUT2D eigenvalue weighted by Gasteiger charge is -2.34. The van der Waals surface area contributed by atoms with E-state index in [1.54, 1.807) is 4.90 Å². The lowest BCUT2D eigenvalue weighted by Crippen LogP contribution is -2.46. The quantitative estimate of drug-likeness (QED) is 0.865. The number of nitrogens with zero attached hydrogens (tertiary/aromatic N) is 3. The topological polar surface area (TPSA) is 95.4 Å². The van der Waals surface area contributed by atoms with Gasteiger partial charge in [0.05, 0.1) is 12.6 Å². The van der Waals surface area contributed by atoms with Gasteiger partial charge in [0.25, 0.3) is 0 Å². The molecule has 2 rings (SSSR count). The smallest absolute Gasteiger partial charge is 0.322 e. The fourth-order valence-corrected chi connectivity index (χ4v) is 2.49. The third-order valence-electron chi connectivity index (χ3n) is 2.89. The average Bonchev–Trinajstić information content (AvgIpc) is 2.81. The summed E-state index contributed by atoms with van der Waals surface area (Å²) in [5.74, 6) is -0.876. The highest BCUT2D eigenvalue weighted by molar-refractivity contribution is 7.10. The third kappa shape index (κ3) is 3.16. The predicted molar refractivity (Wildman–Crippen MR) is 65.5 cm³/mol. The van der Waals surface area contributed by atoms with Crippen LogP contribution in [0, 0.1) is 0 Å². The molecule has 7 nitrogen and oxygen atoms in total. The minimum Gasteiger partial charge on any atom is -0.481 e. The highest BCUT2D eigenvalue weighted by Gasteiger charge is 2.28. The second kappa shape index (κ2) is 5.76. The second-order valence-electron chi connectivity index (χ2n) is 4.15. The van der Waals surface area contributed by atoms with Gasteiger partial charge in [0.1, 0.15) is 5.00 Å². The fourth-order valence-electron chi connectivity index (χ4n) is 2.08. The Balaban J connectivity index is 1.99. The number of carboxylic acid groups (broad SMARTS) is 1. The number of carbonyl (C=O) groups is 2. The van der Waals surface area contributed by atoms with Gasteiger partial charge in [-0.1, -0.05) is 4.49 Å². The molecule has 0 aromatic carbocycles. The zero-order chi connectivity index (χ0) is 13.0. The van der Waals surface area contributed by atoms with Crippen LogP contribution in [0.15, 0.2) is 6.20 Å². The number of piperidine rings is 1. The van der Waals surface area contributed by atoms with Gasteiger partial charge in [-0.15, -0.1) is 5.10 Å². The zero-order valence-corrected chi connectivity index (χ0v) is 10.5. The summed E-state index contributed by atoms with van der Waals surface area (Å²) in [7, 11) is 0. The number of aliphatic carboxylic acids is 1. The third-order valence-corrected chi connectivity index (χ3v) is 3.47. The van der Waals surface area contributed by atoms with Crippen molar-refractivity contribution in [3.63, 3.8) is 0 Å². The SMILES string of the molecule is O=C(O)CC1CCCCN1C(=O)Nc1cnns1. The molecule has 1 aliphatic rings. The Bertz CT molecular complexity index is 423. The first kappa shape index (κ1) is 12.7. The Morgan fingerprint density at radius 1 is 1.56 bits per heavy atom. The molecule has 1 saturated heterocycles. The molecular weight excluding hydrogens is 256 g/mol. The Morgan fingerprint density at radius 2 is 2.39 bits per heavy atom. The molecule has 1 fully saturated rings. The largest absolute Gasteiger partial charge is 0.481 e. The van der Waals surface area contributed by atoms with Gasteiger partial charge in [-0.05, 0) is 19.3 Å². The van der Waals surface area contributed by atoms with Crippen LogP contribution in [0.5, 0.6) is 0 Å². The number of carboxylic acids is 1. The lowest BCUT2D eigenvalue weighted by molar-refractivity contribution is -0.138. The number of anilines is 1. The number of hydrogen-bond acceptors (Lipinski definition) is 5. The number of likely N-dealkylation sites (tertiary alicyclic amines) is 1. The van der Waals surface area contributed by atoms with Crippen LogP contribution in [-0.2, 0) is 4.79 Å². The molecule has 0 spiro atoms. The van der Waals surface area contributed by atoms with Crippen LogP contribution in [0.25, 0.3) is 0 Å². The van der Waals surface area contributed by atoms with E-state index >= 15 is 0 Å². The highest BCUT2D eigenvalue weighted by Crippen LogP contribution is 2.21. The molecule has 0 bridgehead atoms. The van der Waals surface area contributed by atoms with Gasteiger partial charge in [0, 0.05) is 24.1 Å². The summed E-state index contributed by atoms with van der Waals surface area (Å²) in [6.07, 6.45) is 4.07. The van der Waals surface area contributed by atoms with Gasteiger partial charge in [-0.3, -0.25) is 10.1 Å². The van der Waals surface area contributed by atoms with Crippen LogP contribution in [0.4, 0.5) is 9.80 Å². The zero-order valence-electron chi connectivity index (χ0n) is 9.70. The maximum absolute atomic E-state index is 12.0. The maximum Gasteiger partial charge on any atom is 0.322 e. The summed E-state index contributed by atoms with van der Waals surface area (Å²) in [5, 5.41) is 15.7. The highest BCUT2D eigenvalue weighted by atomic mass is 32.1. The number of nitrogens with one attached hydrogen (secondary N) is 1. The Morgan fingerprint density at radius 3 is 3.06 bits per heavy atom. The minimum absolute atomic E-state index is 0.00559. The number of aromatic nitrogens is 2. The molecule has 1 unspecified atom stereocenters. The fraction of sp³-hybridized carbons (Fsp3) is 0.600. The van der Waals surface area contributed by atoms with E-state index in [4.69, 9.17) is 5.11 Å². The van der Waals surface area contributed by atoms with Crippen molar-refractivity contribution in [3.8, 4) is 0 Å². The first-order valence-electron chi connectivity index (χ1n) is 5.73. The molecule has 0 saturated carbocycles. The maximum atomic E-state index is 12.0. The first-order chi connectivity index (χ1) is 8.66. The Kier molecular flexibility index (Phi) is 4.08. The number of carbonyl (C=O) groups excluding carboxylic acids is 1. The number of hydrogen-bond donors (Lipinski definition) is 2. The number of urea groups is 1. The standard InChI is InChI=1S/C10H14N4O3S/c15-9(16)5-7-3-1-2-4-14(7)10(17)12-8-6-11-13-18-8/h6-7H,1-5H2,(H,12,17)(H,15,16). The lowest BCUT2D eigenvalue weighted by atomic mass is 10.00. The normalized spacial score (nSPS) is 19.6. The summed E-state index contributed by atoms with van der Waals surface area (Å²) in [6.45, 7) is 0.593. The molecule has 18 heavy (non-hydrogen) atoms. The van der Waals surface area contributed by atoms with E-state index in [0.717, 1.165) is 30.8 Å². The molecule has 0 radical (unpaired) electrons. The average molecular weight is 270 g/mol. The van der Waals surface area contributed by atoms with E-state index in [-0.39, 0.29) is 18.5 Å². The number of rotatable bonds is 3. The number of amides is 2. The van der Waals surface area contributed by atoms with Gasteiger partial charge in [-0.2, -0.15) is 0 Å². The monoisotopic (exact) mass is 270 g/mol. The molecule has 8 heteroatoms. The van der Waals surface area contributed by atoms with Crippen LogP contribution in [0.1, 0.15) is 25.7 Å². The van der Waals surface area contributed by atoms with Crippen LogP contribution < -0.4 is 5.32 Å². The predicted octanol–water partition coefficient (Wildman–Crippen LogP) is 1.40. The van der Waals surface area contributed by atoms with Crippen molar-refractivity contribution in [2.24, 2.45) is 0 Å². The van der Waals surface area contributed by atoms with Gasteiger partial charge < -0.3 is 10.0 Å². The summed E-state index contributed by atoms with van der Waals surface area (Å²) in [5.41, 5.74) is 0. The molecule has 2 N–H and O–H groups in total.